The van der Waals surface area contributed by atoms with Crippen LogP contribution in [0.3, 0.4) is 0 Å². The molecule has 92 valence electrons. The first-order chi connectivity index (χ1) is 9.16. The van der Waals surface area contributed by atoms with E-state index >= 15 is 0 Å². The van der Waals surface area contributed by atoms with E-state index in [4.69, 9.17) is 0 Å². The second-order valence-corrected chi connectivity index (χ2v) is 4.30. The van der Waals surface area contributed by atoms with Crippen LogP contribution in [0, 0.1) is 5.82 Å². The van der Waals surface area contributed by atoms with Crippen LogP contribution in [0.15, 0.2) is 54.6 Å². The average Bonchev–Trinajstić information content (AvgIpc) is 2.44. The van der Waals surface area contributed by atoms with Crippen molar-refractivity contribution in [1.82, 2.24) is 0 Å². The third-order valence-electron chi connectivity index (χ3n) is 3.11. The fraction of sp³-hybridized carbons (Fsp3) is 0. The molecule has 19 heavy (non-hydrogen) atoms. The molecule has 0 aliphatic heterocycles. The highest BCUT2D eigenvalue weighted by atomic mass is 19.1. The Labute approximate surface area is 109 Å². The minimum absolute atomic E-state index is 0.200. The lowest BCUT2D eigenvalue weighted by molar-refractivity contribution is 0.100. The number of carbonyl (C=O) groups is 2. The van der Waals surface area contributed by atoms with Gasteiger partial charge in [0, 0.05) is 16.7 Å². The average molecular weight is 252 g/mol. The molecule has 0 atom stereocenters. The maximum absolute atomic E-state index is 12.9. The summed E-state index contributed by atoms with van der Waals surface area (Å²) < 4.78 is 12.9. The second-order valence-electron chi connectivity index (χ2n) is 4.30. The van der Waals surface area contributed by atoms with Gasteiger partial charge in [-0.15, -0.1) is 0 Å². The summed E-state index contributed by atoms with van der Waals surface area (Å²) in [5, 5.41) is 0. The molecule has 0 unspecified atom stereocenters. The number of hydrogen-bond donors (Lipinski definition) is 0. The second kappa shape index (κ2) is 4.28. The quantitative estimate of drug-likeness (QED) is 0.780. The van der Waals surface area contributed by atoms with Crippen LogP contribution in [0.1, 0.15) is 26.3 Å². The number of benzene rings is 2. The summed E-state index contributed by atoms with van der Waals surface area (Å²) in [5.74, 6) is -0.782. The summed E-state index contributed by atoms with van der Waals surface area (Å²) in [5.41, 5.74) is 1.67. The van der Waals surface area contributed by atoms with Gasteiger partial charge in [0.2, 0.25) is 0 Å². The monoisotopic (exact) mass is 252 g/mol. The van der Waals surface area contributed by atoms with Crippen molar-refractivity contribution < 1.29 is 14.0 Å². The smallest absolute Gasteiger partial charge is 0.194 e. The van der Waals surface area contributed by atoms with Crippen molar-refractivity contribution in [2.75, 3.05) is 0 Å². The number of ketones is 2. The summed E-state index contributed by atoms with van der Waals surface area (Å²) in [6.45, 7) is 0. The highest BCUT2D eigenvalue weighted by molar-refractivity contribution is 6.38. The first-order valence-electron chi connectivity index (χ1n) is 5.82. The van der Waals surface area contributed by atoms with E-state index in [1.807, 2.05) is 0 Å². The molecule has 0 bridgehead atoms. The molecule has 0 radical (unpaired) electrons. The zero-order valence-electron chi connectivity index (χ0n) is 9.89. The third kappa shape index (κ3) is 1.89. The first-order valence-corrected chi connectivity index (χ1v) is 5.82. The molecule has 0 saturated carbocycles. The molecule has 2 aromatic rings. The van der Waals surface area contributed by atoms with Crippen molar-refractivity contribution in [3.8, 4) is 0 Å². The van der Waals surface area contributed by atoms with Crippen LogP contribution in [0.2, 0.25) is 0 Å². The summed E-state index contributed by atoms with van der Waals surface area (Å²) in [6.07, 6.45) is 1.32. The number of Topliss-reactive ketones (excluding diaryl/α,β-unsaturated/α-hetero) is 1. The van der Waals surface area contributed by atoms with E-state index in [-0.39, 0.29) is 17.4 Å². The number of halogens is 1. The molecule has 0 spiro atoms. The fourth-order valence-corrected chi connectivity index (χ4v) is 2.16. The SMILES string of the molecule is O=C1C=C(c2ccc(F)cc2)C(=O)c2ccccc21. The highest BCUT2D eigenvalue weighted by Gasteiger charge is 2.25. The van der Waals surface area contributed by atoms with E-state index in [0.29, 0.717) is 22.3 Å². The molecule has 2 nitrogen and oxygen atoms in total. The molecule has 1 aliphatic carbocycles. The molecule has 1 aliphatic rings. The fourth-order valence-electron chi connectivity index (χ4n) is 2.16. The van der Waals surface area contributed by atoms with Crippen LogP contribution >= 0.6 is 0 Å². The number of carbonyl (C=O) groups excluding carboxylic acids is 2. The Morgan fingerprint density at radius 1 is 0.789 bits per heavy atom. The van der Waals surface area contributed by atoms with Gasteiger partial charge in [-0.25, -0.2) is 4.39 Å². The summed E-state index contributed by atoms with van der Waals surface area (Å²) >= 11 is 0. The van der Waals surface area contributed by atoms with Gasteiger partial charge in [-0.2, -0.15) is 0 Å². The van der Waals surface area contributed by atoms with Gasteiger partial charge in [-0.1, -0.05) is 36.4 Å². The number of rotatable bonds is 1. The van der Waals surface area contributed by atoms with E-state index in [1.54, 1.807) is 24.3 Å². The van der Waals surface area contributed by atoms with Gasteiger partial charge in [-0.05, 0) is 23.8 Å². The van der Waals surface area contributed by atoms with Crippen LogP contribution in [0.4, 0.5) is 4.39 Å². The Hall–Kier alpha value is -2.55. The van der Waals surface area contributed by atoms with Gasteiger partial charge in [-0.3, -0.25) is 9.59 Å². The minimum Gasteiger partial charge on any atom is -0.289 e. The number of fused-ring (bicyclic) bond motifs is 1. The minimum atomic E-state index is -0.376. The van der Waals surface area contributed by atoms with Gasteiger partial charge in [0.1, 0.15) is 5.82 Å². The Morgan fingerprint density at radius 3 is 2.11 bits per heavy atom. The predicted molar refractivity (Wildman–Crippen MR) is 69.5 cm³/mol. The van der Waals surface area contributed by atoms with E-state index in [0.717, 1.165) is 0 Å². The van der Waals surface area contributed by atoms with E-state index in [1.165, 1.54) is 30.3 Å². The highest BCUT2D eigenvalue weighted by Crippen LogP contribution is 2.27. The Balaban J connectivity index is 2.13. The molecule has 0 heterocycles. The Kier molecular flexibility index (Phi) is 2.60. The van der Waals surface area contributed by atoms with Gasteiger partial charge in [0.25, 0.3) is 0 Å². The molecule has 0 aromatic heterocycles. The van der Waals surface area contributed by atoms with Crippen LogP contribution in [0.25, 0.3) is 5.57 Å². The maximum atomic E-state index is 12.9. The molecule has 3 heteroatoms. The summed E-state index contributed by atoms with van der Waals surface area (Å²) in [4.78, 5) is 24.3. The Morgan fingerprint density at radius 2 is 1.42 bits per heavy atom. The molecule has 0 N–H and O–H groups in total. The maximum Gasteiger partial charge on any atom is 0.194 e. The zero-order valence-corrected chi connectivity index (χ0v) is 9.89. The van der Waals surface area contributed by atoms with E-state index in [9.17, 15) is 14.0 Å². The molecule has 0 fully saturated rings. The van der Waals surface area contributed by atoms with Crippen molar-refractivity contribution >= 4 is 17.1 Å². The molecule has 2 aromatic carbocycles. The van der Waals surface area contributed by atoms with Crippen molar-refractivity contribution in [3.63, 3.8) is 0 Å². The molecular formula is C16H9FO2. The van der Waals surface area contributed by atoms with Gasteiger partial charge >= 0.3 is 0 Å². The predicted octanol–water partition coefficient (Wildman–Crippen LogP) is 3.29. The number of allylic oxidation sites excluding steroid dienone is 2. The van der Waals surface area contributed by atoms with Crippen LogP contribution in [0.5, 0.6) is 0 Å². The third-order valence-corrected chi connectivity index (χ3v) is 3.11. The van der Waals surface area contributed by atoms with E-state index in [2.05, 4.69) is 0 Å². The molecule has 0 amide bonds. The lowest BCUT2D eigenvalue weighted by Crippen LogP contribution is -2.15. The van der Waals surface area contributed by atoms with Gasteiger partial charge in [0.05, 0.1) is 0 Å². The zero-order chi connectivity index (χ0) is 13.4. The lowest BCUT2D eigenvalue weighted by Gasteiger charge is -2.14. The van der Waals surface area contributed by atoms with Crippen molar-refractivity contribution in [2.24, 2.45) is 0 Å². The van der Waals surface area contributed by atoms with E-state index < -0.39 is 0 Å². The van der Waals surface area contributed by atoms with Crippen LogP contribution in [-0.4, -0.2) is 11.6 Å². The first kappa shape index (κ1) is 11.5. The van der Waals surface area contributed by atoms with Crippen molar-refractivity contribution in [3.05, 3.63) is 77.1 Å². The van der Waals surface area contributed by atoms with Gasteiger partial charge < -0.3 is 0 Å². The summed E-state index contributed by atoms with van der Waals surface area (Å²) in [7, 11) is 0. The largest absolute Gasteiger partial charge is 0.289 e. The molecule has 3 rings (SSSR count). The normalized spacial score (nSPS) is 14.1. The number of hydrogen-bond acceptors (Lipinski definition) is 2. The molecule has 0 saturated heterocycles. The standard InChI is InChI=1S/C16H9FO2/c17-11-7-5-10(6-8-11)14-9-15(18)12-3-1-2-4-13(12)16(14)19/h1-9H. The van der Waals surface area contributed by atoms with Gasteiger partial charge in [0.15, 0.2) is 11.6 Å². The summed E-state index contributed by atoms with van der Waals surface area (Å²) in [6, 6.07) is 12.3. The van der Waals surface area contributed by atoms with Crippen molar-refractivity contribution in [1.29, 1.82) is 0 Å². The molecular weight excluding hydrogens is 243 g/mol. The lowest BCUT2D eigenvalue weighted by atomic mass is 9.86. The van der Waals surface area contributed by atoms with Crippen LogP contribution < -0.4 is 0 Å². The van der Waals surface area contributed by atoms with Crippen molar-refractivity contribution in [2.45, 2.75) is 0 Å². The topological polar surface area (TPSA) is 34.1 Å². The van der Waals surface area contributed by atoms with Crippen LogP contribution in [-0.2, 0) is 0 Å². The Bertz CT molecular complexity index is 712.